The molecule has 0 aromatic heterocycles. The van der Waals surface area contributed by atoms with Crippen molar-refractivity contribution in [2.75, 3.05) is 7.05 Å². The number of carbonyl (C=O) groups is 1. The van der Waals surface area contributed by atoms with Crippen molar-refractivity contribution in [3.8, 4) is 0 Å². The summed E-state index contributed by atoms with van der Waals surface area (Å²) in [5.41, 5.74) is 2.43. The summed E-state index contributed by atoms with van der Waals surface area (Å²) in [6.45, 7) is 0. The summed E-state index contributed by atoms with van der Waals surface area (Å²) >= 11 is 0. The van der Waals surface area contributed by atoms with Gasteiger partial charge in [0.15, 0.2) is 0 Å². The van der Waals surface area contributed by atoms with E-state index in [0.717, 1.165) is 12.8 Å². The molecule has 1 amide bonds. The number of amides is 1. The van der Waals surface area contributed by atoms with Gasteiger partial charge in [-0.15, -0.1) is 0 Å². The minimum absolute atomic E-state index is 0.116. The van der Waals surface area contributed by atoms with Gasteiger partial charge in [-0.05, 0) is 36.8 Å². The van der Waals surface area contributed by atoms with E-state index in [1.165, 1.54) is 24.0 Å². The number of carbonyl (C=O) groups excluding carboxylic acids is 1. The van der Waals surface area contributed by atoms with E-state index in [1.807, 2.05) is 24.1 Å². The molecule has 2 heterocycles. The molecular formula is C23H28N2O. The highest BCUT2D eigenvalue weighted by molar-refractivity contribution is 5.78. The smallest absolute Gasteiger partial charge is 0.223 e. The fraction of sp³-hybridized carbons (Fsp3) is 0.435. The molecule has 0 radical (unpaired) electrons. The zero-order chi connectivity index (χ0) is 17.9. The van der Waals surface area contributed by atoms with Crippen LogP contribution in [0.4, 0.5) is 0 Å². The van der Waals surface area contributed by atoms with Crippen LogP contribution >= 0.6 is 0 Å². The monoisotopic (exact) mass is 348 g/mol. The Hall–Kier alpha value is -2.13. The Morgan fingerprint density at radius 1 is 0.962 bits per heavy atom. The molecule has 2 aliphatic rings. The van der Waals surface area contributed by atoms with Crippen molar-refractivity contribution >= 4 is 5.91 Å². The lowest BCUT2D eigenvalue weighted by Crippen LogP contribution is -2.48. The standard InChI is InChI=1S/C23H28N2O/c1-25(21-14-19-12-13-20(15-21)24-19)23(26)16-22(17-8-4-2-5-9-17)18-10-6-3-7-11-18/h2-11,19-22,24H,12-16H2,1H3. The Morgan fingerprint density at radius 2 is 1.46 bits per heavy atom. The maximum atomic E-state index is 13.1. The topological polar surface area (TPSA) is 32.3 Å². The van der Waals surface area contributed by atoms with Crippen molar-refractivity contribution in [1.29, 1.82) is 0 Å². The van der Waals surface area contributed by atoms with Crippen LogP contribution in [0.1, 0.15) is 49.1 Å². The summed E-state index contributed by atoms with van der Waals surface area (Å²) < 4.78 is 0. The summed E-state index contributed by atoms with van der Waals surface area (Å²) in [6, 6.07) is 22.4. The Bertz CT molecular complexity index is 679. The average molecular weight is 348 g/mol. The van der Waals surface area contributed by atoms with Gasteiger partial charge in [0, 0.05) is 37.5 Å². The van der Waals surface area contributed by atoms with Gasteiger partial charge in [0.05, 0.1) is 0 Å². The molecule has 2 atom stereocenters. The number of benzene rings is 2. The third-order valence-corrected chi connectivity index (χ3v) is 6.17. The van der Waals surface area contributed by atoms with Crippen LogP contribution in [-0.4, -0.2) is 36.0 Å². The molecule has 2 bridgehead atoms. The van der Waals surface area contributed by atoms with Crippen molar-refractivity contribution in [1.82, 2.24) is 10.2 Å². The van der Waals surface area contributed by atoms with Gasteiger partial charge < -0.3 is 10.2 Å². The summed E-state index contributed by atoms with van der Waals surface area (Å²) in [4.78, 5) is 15.2. The Balaban J connectivity index is 1.51. The summed E-state index contributed by atoms with van der Waals surface area (Å²) in [5.74, 6) is 0.375. The summed E-state index contributed by atoms with van der Waals surface area (Å²) in [5, 5.41) is 3.67. The molecule has 2 aromatic rings. The predicted octanol–water partition coefficient (Wildman–Crippen LogP) is 3.95. The Labute approximate surface area is 156 Å². The molecule has 2 aromatic carbocycles. The van der Waals surface area contributed by atoms with E-state index in [-0.39, 0.29) is 11.8 Å². The van der Waals surface area contributed by atoms with Crippen molar-refractivity contribution in [2.45, 2.75) is 56.1 Å². The Kier molecular flexibility index (Phi) is 5.07. The number of fused-ring (bicyclic) bond motifs is 2. The maximum Gasteiger partial charge on any atom is 0.223 e. The lowest BCUT2D eigenvalue weighted by Gasteiger charge is -2.36. The van der Waals surface area contributed by atoms with Crippen LogP contribution in [0, 0.1) is 0 Å². The van der Waals surface area contributed by atoms with Gasteiger partial charge in [-0.2, -0.15) is 0 Å². The van der Waals surface area contributed by atoms with Crippen molar-refractivity contribution in [3.05, 3.63) is 71.8 Å². The van der Waals surface area contributed by atoms with Crippen molar-refractivity contribution in [3.63, 3.8) is 0 Å². The maximum absolute atomic E-state index is 13.1. The van der Waals surface area contributed by atoms with Crippen LogP contribution < -0.4 is 5.32 Å². The third kappa shape index (κ3) is 3.68. The highest BCUT2D eigenvalue weighted by Crippen LogP contribution is 2.32. The van der Waals surface area contributed by atoms with E-state index >= 15 is 0 Å². The van der Waals surface area contributed by atoms with Gasteiger partial charge in [-0.25, -0.2) is 0 Å². The van der Waals surface area contributed by atoms with Crippen molar-refractivity contribution in [2.24, 2.45) is 0 Å². The van der Waals surface area contributed by atoms with Gasteiger partial charge in [0.25, 0.3) is 0 Å². The number of rotatable bonds is 5. The first kappa shape index (κ1) is 17.3. The fourth-order valence-electron chi connectivity index (χ4n) is 4.66. The van der Waals surface area contributed by atoms with Gasteiger partial charge in [-0.3, -0.25) is 4.79 Å². The number of hydrogen-bond donors (Lipinski definition) is 1. The van der Waals surface area contributed by atoms with Crippen molar-refractivity contribution < 1.29 is 4.79 Å². The minimum atomic E-state index is 0.116. The molecule has 0 spiro atoms. The van der Waals surface area contributed by atoms with E-state index in [4.69, 9.17) is 0 Å². The fourth-order valence-corrected chi connectivity index (χ4v) is 4.66. The molecule has 1 N–H and O–H groups in total. The average Bonchev–Trinajstić information content (AvgIpc) is 3.04. The SMILES string of the molecule is CN(C(=O)CC(c1ccccc1)c1ccccc1)C1CC2CCC(C1)N2. The van der Waals surface area contributed by atoms with Gasteiger partial charge in [0.1, 0.15) is 0 Å². The molecular weight excluding hydrogens is 320 g/mol. The first-order valence-electron chi connectivity index (χ1n) is 9.82. The second kappa shape index (κ2) is 7.63. The third-order valence-electron chi connectivity index (χ3n) is 6.17. The van der Waals surface area contributed by atoms with Crippen LogP contribution in [0.25, 0.3) is 0 Å². The minimum Gasteiger partial charge on any atom is -0.343 e. The van der Waals surface area contributed by atoms with Crippen LogP contribution in [0.5, 0.6) is 0 Å². The zero-order valence-electron chi connectivity index (χ0n) is 15.5. The van der Waals surface area contributed by atoms with Crippen LogP contribution in [0.3, 0.4) is 0 Å². The molecule has 136 valence electrons. The quantitative estimate of drug-likeness (QED) is 0.887. The van der Waals surface area contributed by atoms with E-state index in [1.54, 1.807) is 0 Å². The molecule has 4 rings (SSSR count). The van der Waals surface area contributed by atoms with E-state index in [9.17, 15) is 4.79 Å². The number of nitrogens with one attached hydrogen (secondary N) is 1. The molecule has 2 saturated heterocycles. The highest BCUT2D eigenvalue weighted by Gasteiger charge is 2.36. The number of piperidine rings is 1. The van der Waals surface area contributed by atoms with Crippen LogP contribution in [-0.2, 0) is 4.79 Å². The van der Waals surface area contributed by atoms with Gasteiger partial charge in [-0.1, -0.05) is 60.7 Å². The molecule has 2 fully saturated rings. The predicted molar refractivity (Wildman–Crippen MR) is 105 cm³/mol. The summed E-state index contributed by atoms with van der Waals surface area (Å²) in [7, 11) is 2.00. The Morgan fingerprint density at radius 3 is 1.96 bits per heavy atom. The second-order valence-electron chi connectivity index (χ2n) is 7.85. The number of hydrogen-bond acceptors (Lipinski definition) is 2. The zero-order valence-corrected chi connectivity index (χ0v) is 15.5. The lowest BCUT2D eigenvalue weighted by atomic mass is 9.87. The molecule has 26 heavy (non-hydrogen) atoms. The normalized spacial score (nSPS) is 24.6. The van der Waals surface area contributed by atoms with Gasteiger partial charge >= 0.3 is 0 Å². The molecule has 2 aliphatic heterocycles. The first-order valence-corrected chi connectivity index (χ1v) is 9.82. The van der Waals surface area contributed by atoms with E-state index in [2.05, 4.69) is 53.8 Å². The lowest BCUT2D eigenvalue weighted by molar-refractivity contribution is -0.132. The molecule has 3 nitrogen and oxygen atoms in total. The second-order valence-corrected chi connectivity index (χ2v) is 7.85. The van der Waals surface area contributed by atoms with E-state index < -0.39 is 0 Å². The molecule has 0 saturated carbocycles. The first-order chi connectivity index (χ1) is 12.7. The molecule has 2 unspecified atom stereocenters. The van der Waals surface area contributed by atoms with Gasteiger partial charge in [0.2, 0.25) is 5.91 Å². The largest absolute Gasteiger partial charge is 0.343 e. The number of nitrogens with zero attached hydrogens (tertiary/aromatic N) is 1. The summed E-state index contributed by atoms with van der Waals surface area (Å²) in [6.07, 6.45) is 5.25. The van der Waals surface area contributed by atoms with Crippen LogP contribution in [0.2, 0.25) is 0 Å². The van der Waals surface area contributed by atoms with Crippen LogP contribution in [0.15, 0.2) is 60.7 Å². The molecule has 3 heteroatoms. The van der Waals surface area contributed by atoms with E-state index in [0.29, 0.717) is 24.5 Å². The highest BCUT2D eigenvalue weighted by atomic mass is 16.2. The molecule has 0 aliphatic carbocycles.